The molecule has 1 aliphatic rings. The molecule has 0 saturated heterocycles. The van der Waals surface area contributed by atoms with Crippen LogP contribution in [0.3, 0.4) is 0 Å². The first-order valence-electron chi connectivity index (χ1n) is 9.72. The zero-order chi connectivity index (χ0) is 23.5. The molecule has 172 valence electrons. The smallest absolute Gasteiger partial charge is 0.348 e. The molecule has 1 N–H and O–H groups in total. The van der Waals surface area contributed by atoms with Gasteiger partial charge in [0.15, 0.2) is 0 Å². The van der Waals surface area contributed by atoms with E-state index in [4.69, 9.17) is 0 Å². The third-order valence-electron chi connectivity index (χ3n) is 5.44. The lowest BCUT2D eigenvalue weighted by atomic mass is 9.99. The molecule has 0 spiro atoms. The number of fused-ring (bicyclic) bond motifs is 2. The Balaban J connectivity index is 1.59. The van der Waals surface area contributed by atoms with Crippen LogP contribution in [-0.2, 0) is 19.6 Å². The number of H-pyrrole nitrogens is 1. The van der Waals surface area contributed by atoms with Crippen LogP contribution < -0.4 is 0 Å². The number of aromatic nitrogens is 7. The molecule has 0 aromatic carbocycles. The Bertz CT molecular complexity index is 1350. The summed E-state index contributed by atoms with van der Waals surface area (Å²) < 4.78 is 67.7. The van der Waals surface area contributed by atoms with Gasteiger partial charge in [0, 0.05) is 31.9 Å². The van der Waals surface area contributed by atoms with Gasteiger partial charge < -0.3 is 9.88 Å². The zero-order valence-electron chi connectivity index (χ0n) is 16.9. The SMILES string of the molecule is Cn1nc(C(F)F)nc1C(=O)N1CCc2[nH]cnc2[C@H]1c1cc2cc(C(F)(F)F)ccn2n1. The molecule has 33 heavy (non-hydrogen) atoms. The Morgan fingerprint density at radius 3 is 2.73 bits per heavy atom. The fourth-order valence-electron chi connectivity index (χ4n) is 3.93. The first-order chi connectivity index (χ1) is 15.6. The first-order valence-corrected chi connectivity index (χ1v) is 9.72. The summed E-state index contributed by atoms with van der Waals surface area (Å²) in [6.07, 6.45) is -4.45. The van der Waals surface area contributed by atoms with E-state index >= 15 is 0 Å². The number of amides is 1. The minimum absolute atomic E-state index is 0.175. The summed E-state index contributed by atoms with van der Waals surface area (Å²) >= 11 is 0. The second-order valence-electron chi connectivity index (χ2n) is 7.49. The first kappa shape index (κ1) is 21.0. The molecule has 1 aliphatic heterocycles. The maximum atomic E-state index is 13.3. The Morgan fingerprint density at radius 1 is 1.24 bits per heavy atom. The van der Waals surface area contributed by atoms with Gasteiger partial charge in [-0.3, -0.25) is 4.79 Å². The number of carbonyl (C=O) groups is 1. The second-order valence-corrected chi connectivity index (χ2v) is 7.49. The van der Waals surface area contributed by atoms with E-state index in [-0.39, 0.29) is 23.6 Å². The highest BCUT2D eigenvalue weighted by molar-refractivity contribution is 5.91. The van der Waals surface area contributed by atoms with Crippen molar-refractivity contribution in [2.24, 2.45) is 7.05 Å². The standard InChI is InChI=1S/C19H15F5N8O/c1-30-17(27-16(29-30)15(20)21)18(33)31-4-3-11-13(26-8-25-11)14(31)12-7-10-6-9(19(22,23)24)2-5-32(10)28-12/h2,5-8,14-15H,3-4H2,1H3,(H,25,26)/t14-/m1/s1. The number of alkyl halides is 5. The molecule has 0 bridgehead atoms. The molecule has 4 aromatic heterocycles. The molecule has 0 fully saturated rings. The summed E-state index contributed by atoms with van der Waals surface area (Å²) in [6.45, 7) is 0.178. The largest absolute Gasteiger partial charge is 0.416 e. The molecule has 0 saturated carbocycles. The molecule has 9 nitrogen and oxygen atoms in total. The molecule has 1 amide bonds. The van der Waals surface area contributed by atoms with E-state index in [2.05, 4.69) is 25.1 Å². The molecule has 4 aromatic rings. The van der Waals surface area contributed by atoms with Crippen LogP contribution in [0.25, 0.3) is 5.52 Å². The molecule has 0 unspecified atom stereocenters. The number of imidazole rings is 1. The van der Waals surface area contributed by atoms with Crippen LogP contribution in [0, 0.1) is 0 Å². The Labute approximate surface area is 181 Å². The number of rotatable bonds is 3. The van der Waals surface area contributed by atoms with Gasteiger partial charge in [0.1, 0.15) is 6.04 Å². The lowest BCUT2D eigenvalue weighted by Gasteiger charge is -2.33. The molecule has 5 rings (SSSR count). The fraction of sp³-hybridized carbons (Fsp3) is 0.316. The summed E-state index contributed by atoms with van der Waals surface area (Å²) in [5.41, 5.74) is 0.811. The van der Waals surface area contributed by atoms with Crippen molar-refractivity contribution in [2.75, 3.05) is 6.54 Å². The topological polar surface area (TPSA) is 97.0 Å². The van der Waals surface area contributed by atoms with E-state index in [0.29, 0.717) is 12.1 Å². The van der Waals surface area contributed by atoms with Crippen molar-refractivity contribution < 1.29 is 26.7 Å². The molecule has 5 heterocycles. The van der Waals surface area contributed by atoms with E-state index in [0.717, 1.165) is 22.5 Å². The quantitative estimate of drug-likeness (QED) is 0.469. The highest BCUT2D eigenvalue weighted by Crippen LogP contribution is 2.35. The predicted octanol–water partition coefficient (Wildman–Crippen LogP) is 2.93. The molecular formula is C19H15F5N8O. The van der Waals surface area contributed by atoms with Crippen molar-refractivity contribution in [2.45, 2.75) is 25.1 Å². The molecule has 0 radical (unpaired) electrons. The van der Waals surface area contributed by atoms with Crippen LogP contribution in [0.5, 0.6) is 0 Å². The number of hydrogen-bond acceptors (Lipinski definition) is 5. The van der Waals surface area contributed by atoms with Crippen molar-refractivity contribution in [1.82, 2.24) is 39.2 Å². The Kier molecular flexibility index (Phi) is 4.68. The molecular weight excluding hydrogens is 451 g/mol. The van der Waals surface area contributed by atoms with Crippen molar-refractivity contribution in [3.63, 3.8) is 0 Å². The maximum absolute atomic E-state index is 13.3. The van der Waals surface area contributed by atoms with Crippen LogP contribution in [0.1, 0.15) is 51.6 Å². The van der Waals surface area contributed by atoms with Gasteiger partial charge in [0.05, 0.1) is 28.8 Å². The second kappa shape index (κ2) is 7.35. The third-order valence-corrected chi connectivity index (χ3v) is 5.44. The summed E-state index contributed by atoms with van der Waals surface area (Å²) in [4.78, 5) is 25.6. The van der Waals surface area contributed by atoms with Gasteiger partial charge in [-0.2, -0.15) is 18.3 Å². The summed E-state index contributed by atoms with van der Waals surface area (Å²) in [5, 5.41) is 7.94. The number of halogens is 5. The predicted molar refractivity (Wildman–Crippen MR) is 101 cm³/mol. The number of aryl methyl sites for hydroxylation is 1. The molecule has 0 aliphatic carbocycles. The van der Waals surface area contributed by atoms with Crippen LogP contribution in [0.4, 0.5) is 22.0 Å². The lowest BCUT2D eigenvalue weighted by molar-refractivity contribution is -0.137. The van der Waals surface area contributed by atoms with Gasteiger partial charge in [-0.15, -0.1) is 5.10 Å². The number of carbonyl (C=O) groups excluding carboxylic acids is 1. The average Bonchev–Trinajstić information content (AvgIpc) is 3.48. The van der Waals surface area contributed by atoms with Crippen LogP contribution in [-0.4, -0.2) is 51.7 Å². The van der Waals surface area contributed by atoms with Crippen LogP contribution in [0.15, 0.2) is 30.7 Å². The maximum Gasteiger partial charge on any atom is 0.416 e. The Morgan fingerprint density at radius 2 is 2.03 bits per heavy atom. The molecule has 1 atom stereocenters. The average molecular weight is 466 g/mol. The van der Waals surface area contributed by atoms with Gasteiger partial charge in [-0.1, -0.05) is 0 Å². The van der Waals surface area contributed by atoms with E-state index in [1.807, 2.05) is 0 Å². The van der Waals surface area contributed by atoms with Crippen molar-refractivity contribution >= 4 is 11.4 Å². The van der Waals surface area contributed by atoms with Crippen molar-refractivity contribution in [1.29, 1.82) is 0 Å². The minimum atomic E-state index is -4.53. The number of nitrogens with one attached hydrogen (secondary N) is 1. The van der Waals surface area contributed by atoms with Gasteiger partial charge in [-0.25, -0.2) is 27.9 Å². The number of aromatic amines is 1. The number of nitrogens with zero attached hydrogens (tertiary/aromatic N) is 7. The third kappa shape index (κ3) is 3.50. The summed E-state index contributed by atoms with van der Waals surface area (Å²) in [7, 11) is 1.33. The van der Waals surface area contributed by atoms with Crippen LogP contribution in [0.2, 0.25) is 0 Å². The molecule has 14 heteroatoms. The summed E-state index contributed by atoms with van der Waals surface area (Å²) in [6, 6.07) is 2.42. The van der Waals surface area contributed by atoms with Gasteiger partial charge in [0.25, 0.3) is 12.3 Å². The normalized spacial score (nSPS) is 16.6. The number of hydrogen-bond donors (Lipinski definition) is 1. The Hall–Kier alpha value is -3.84. The van der Waals surface area contributed by atoms with Crippen LogP contribution >= 0.6 is 0 Å². The van der Waals surface area contributed by atoms with E-state index < -0.39 is 35.9 Å². The van der Waals surface area contributed by atoms with Crippen molar-refractivity contribution in [3.8, 4) is 0 Å². The van der Waals surface area contributed by atoms with Gasteiger partial charge in [-0.05, 0) is 18.2 Å². The van der Waals surface area contributed by atoms with Crippen molar-refractivity contribution in [3.05, 3.63) is 65.0 Å². The monoisotopic (exact) mass is 466 g/mol. The highest BCUT2D eigenvalue weighted by Gasteiger charge is 2.38. The van der Waals surface area contributed by atoms with E-state index in [1.54, 1.807) is 0 Å². The van der Waals surface area contributed by atoms with E-state index in [9.17, 15) is 26.7 Å². The summed E-state index contributed by atoms with van der Waals surface area (Å²) in [5.74, 6) is -1.75. The lowest BCUT2D eigenvalue weighted by Crippen LogP contribution is -2.42. The number of pyridine rings is 1. The minimum Gasteiger partial charge on any atom is -0.348 e. The van der Waals surface area contributed by atoms with E-state index in [1.165, 1.54) is 35.1 Å². The fourth-order valence-corrected chi connectivity index (χ4v) is 3.93. The van der Waals surface area contributed by atoms with Gasteiger partial charge in [0.2, 0.25) is 11.6 Å². The zero-order valence-corrected chi connectivity index (χ0v) is 16.9. The highest BCUT2D eigenvalue weighted by atomic mass is 19.4. The van der Waals surface area contributed by atoms with Gasteiger partial charge >= 0.3 is 6.18 Å².